The molecule has 1 heterocycles. The van der Waals surface area contributed by atoms with Crippen LogP contribution >= 0.6 is 11.3 Å². The highest BCUT2D eigenvalue weighted by Gasteiger charge is 2.22. The second-order valence-electron chi connectivity index (χ2n) is 6.90. The van der Waals surface area contributed by atoms with E-state index < -0.39 is 10.0 Å². The Kier molecular flexibility index (Phi) is 5.55. The predicted molar refractivity (Wildman–Crippen MR) is 111 cm³/mol. The molecule has 0 aliphatic rings. The molecule has 3 aromatic rings. The number of nitrogens with one attached hydrogen (secondary N) is 1. The van der Waals surface area contributed by atoms with Gasteiger partial charge >= 0.3 is 4.87 Å². The smallest absolute Gasteiger partial charge is 0.296 e. The summed E-state index contributed by atoms with van der Waals surface area (Å²) in [6.07, 6.45) is 0.642. The van der Waals surface area contributed by atoms with Crippen LogP contribution in [0.1, 0.15) is 50.4 Å². The van der Waals surface area contributed by atoms with Gasteiger partial charge in [-0.1, -0.05) is 42.5 Å². The van der Waals surface area contributed by atoms with Crippen molar-refractivity contribution in [2.45, 2.75) is 51.1 Å². The highest BCUT2D eigenvalue weighted by atomic mass is 32.2. The Balaban J connectivity index is 1.99. The first-order valence-electron chi connectivity index (χ1n) is 8.97. The Labute approximate surface area is 163 Å². The van der Waals surface area contributed by atoms with Gasteiger partial charge in [-0.25, -0.2) is 13.1 Å². The zero-order valence-electron chi connectivity index (χ0n) is 15.9. The average Bonchev–Trinajstić information content (AvgIpc) is 2.95. The van der Waals surface area contributed by atoms with Crippen molar-refractivity contribution in [3.8, 4) is 0 Å². The summed E-state index contributed by atoms with van der Waals surface area (Å²) in [7, 11) is -3.71. The molecule has 0 aliphatic heterocycles. The average molecular weight is 405 g/mol. The maximum atomic E-state index is 13.0. The molecule has 2 aromatic carbocycles. The van der Waals surface area contributed by atoms with Gasteiger partial charge in [-0.2, -0.15) is 0 Å². The number of fused-ring (bicyclic) bond motifs is 1. The van der Waals surface area contributed by atoms with E-state index in [1.165, 1.54) is 0 Å². The van der Waals surface area contributed by atoms with E-state index in [-0.39, 0.29) is 21.9 Å². The summed E-state index contributed by atoms with van der Waals surface area (Å²) >= 11 is 1.08. The third-order valence-corrected chi connectivity index (χ3v) is 7.07. The number of benzene rings is 2. The van der Waals surface area contributed by atoms with Crippen molar-refractivity contribution in [3.05, 3.63) is 63.3 Å². The minimum atomic E-state index is -3.71. The quantitative estimate of drug-likeness (QED) is 0.663. The summed E-state index contributed by atoms with van der Waals surface area (Å²) < 4.78 is 31.1. The Hall–Kier alpha value is -1.96. The van der Waals surface area contributed by atoms with Crippen molar-refractivity contribution in [1.29, 1.82) is 0 Å². The summed E-state index contributed by atoms with van der Waals surface area (Å²) in [6, 6.07) is 12.4. The largest absolute Gasteiger partial charge is 0.308 e. The molecular formula is C20H24N2O3S2. The third kappa shape index (κ3) is 3.85. The highest BCUT2D eigenvalue weighted by Crippen LogP contribution is 2.26. The number of thiazole rings is 1. The molecular weight excluding hydrogens is 380 g/mol. The van der Waals surface area contributed by atoms with Gasteiger partial charge in [-0.3, -0.25) is 9.36 Å². The first-order chi connectivity index (χ1) is 12.7. The number of aryl methyl sites for hydroxylation is 1. The fraction of sp³-hybridized carbons (Fsp3) is 0.350. The zero-order chi connectivity index (χ0) is 19.8. The molecule has 0 unspecified atom stereocenters. The SMILES string of the molecule is CC[C@H](NS(=O)(=O)c1ccc2c(c1)sc(=O)n2C(C)C)c1ccccc1C. The number of hydrogen-bond donors (Lipinski definition) is 1. The Morgan fingerprint density at radius 2 is 1.85 bits per heavy atom. The molecule has 144 valence electrons. The maximum Gasteiger partial charge on any atom is 0.308 e. The fourth-order valence-electron chi connectivity index (χ4n) is 3.27. The van der Waals surface area contributed by atoms with Crippen molar-refractivity contribution >= 4 is 31.6 Å². The van der Waals surface area contributed by atoms with Crippen LogP contribution in [0, 0.1) is 6.92 Å². The van der Waals surface area contributed by atoms with Gasteiger partial charge in [0.25, 0.3) is 0 Å². The number of sulfonamides is 1. The normalized spacial score (nSPS) is 13.4. The predicted octanol–water partition coefficient (Wildman–Crippen LogP) is 4.38. The maximum absolute atomic E-state index is 13.0. The van der Waals surface area contributed by atoms with E-state index in [0.717, 1.165) is 28.0 Å². The van der Waals surface area contributed by atoms with Gasteiger partial charge in [-0.05, 0) is 56.5 Å². The van der Waals surface area contributed by atoms with E-state index >= 15 is 0 Å². The van der Waals surface area contributed by atoms with Crippen molar-refractivity contribution in [2.24, 2.45) is 0 Å². The standard InChI is InChI=1S/C20H24N2O3S2/c1-5-17(16-9-7-6-8-14(16)4)21-27(24,25)15-10-11-18-19(12-15)26-20(23)22(18)13(2)3/h6-13,17,21H,5H2,1-4H3/t17-/m0/s1. The molecule has 27 heavy (non-hydrogen) atoms. The molecule has 1 atom stereocenters. The van der Waals surface area contributed by atoms with Crippen molar-refractivity contribution in [3.63, 3.8) is 0 Å². The van der Waals surface area contributed by atoms with Crippen LogP contribution in [0.25, 0.3) is 10.2 Å². The molecule has 1 N–H and O–H groups in total. The van der Waals surface area contributed by atoms with Crippen LogP contribution in [0.15, 0.2) is 52.2 Å². The first-order valence-corrected chi connectivity index (χ1v) is 11.3. The van der Waals surface area contributed by atoms with E-state index in [4.69, 9.17) is 0 Å². The van der Waals surface area contributed by atoms with Gasteiger partial charge in [0.05, 0.1) is 15.1 Å². The molecule has 5 nitrogen and oxygen atoms in total. The van der Waals surface area contributed by atoms with E-state index in [1.807, 2.05) is 52.0 Å². The van der Waals surface area contributed by atoms with Crippen molar-refractivity contribution in [1.82, 2.24) is 9.29 Å². The minimum Gasteiger partial charge on any atom is -0.296 e. The molecule has 0 spiro atoms. The molecule has 0 aliphatic carbocycles. The number of rotatable bonds is 6. The fourth-order valence-corrected chi connectivity index (χ4v) is 5.72. The minimum absolute atomic E-state index is 0.0253. The lowest BCUT2D eigenvalue weighted by molar-refractivity contribution is 0.549. The van der Waals surface area contributed by atoms with Gasteiger partial charge in [-0.15, -0.1) is 0 Å². The van der Waals surface area contributed by atoms with Crippen molar-refractivity contribution < 1.29 is 8.42 Å². The summed E-state index contributed by atoms with van der Waals surface area (Å²) in [4.78, 5) is 12.3. The molecule has 1 aromatic heterocycles. The van der Waals surface area contributed by atoms with E-state index in [2.05, 4.69) is 4.72 Å². The van der Waals surface area contributed by atoms with Crippen LogP contribution in [-0.4, -0.2) is 13.0 Å². The van der Waals surface area contributed by atoms with Gasteiger partial charge < -0.3 is 0 Å². The van der Waals surface area contributed by atoms with E-state index in [1.54, 1.807) is 22.8 Å². The summed E-state index contributed by atoms with van der Waals surface area (Å²) in [6.45, 7) is 7.81. The Morgan fingerprint density at radius 3 is 2.48 bits per heavy atom. The lowest BCUT2D eigenvalue weighted by atomic mass is 10.0. The third-order valence-electron chi connectivity index (χ3n) is 4.68. The van der Waals surface area contributed by atoms with Gasteiger partial charge in [0.1, 0.15) is 0 Å². The lowest BCUT2D eigenvalue weighted by Gasteiger charge is -2.19. The van der Waals surface area contributed by atoms with Crippen LogP contribution in [0.3, 0.4) is 0 Å². The highest BCUT2D eigenvalue weighted by molar-refractivity contribution is 7.89. The molecule has 0 amide bonds. The molecule has 0 saturated carbocycles. The lowest BCUT2D eigenvalue weighted by Crippen LogP contribution is -2.28. The Morgan fingerprint density at radius 1 is 1.15 bits per heavy atom. The van der Waals surface area contributed by atoms with Crippen LogP contribution in [-0.2, 0) is 10.0 Å². The number of hydrogen-bond acceptors (Lipinski definition) is 4. The topological polar surface area (TPSA) is 68.2 Å². The molecule has 3 rings (SSSR count). The van der Waals surface area contributed by atoms with Gasteiger partial charge in [0, 0.05) is 12.1 Å². The van der Waals surface area contributed by atoms with Crippen LogP contribution < -0.4 is 9.60 Å². The number of aromatic nitrogens is 1. The molecule has 0 bridgehead atoms. The second-order valence-corrected chi connectivity index (χ2v) is 9.61. The first kappa shape index (κ1) is 19.8. The number of nitrogens with zero attached hydrogens (tertiary/aromatic N) is 1. The van der Waals surface area contributed by atoms with E-state index in [9.17, 15) is 13.2 Å². The monoisotopic (exact) mass is 404 g/mol. The summed E-state index contributed by atoms with van der Waals surface area (Å²) in [5.41, 5.74) is 2.79. The van der Waals surface area contributed by atoms with Crippen LogP contribution in [0.4, 0.5) is 0 Å². The Bertz CT molecular complexity index is 1130. The second kappa shape index (κ2) is 7.58. The van der Waals surface area contributed by atoms with Crippen LogP contribution in [0.5, 0.6) is 0 Å². The van der Waals surface area contributed by atoms with Gasteiger partial charge in [0.2, 0.25) is 10.0 Å². The van der Waals surface area contributed by atoms with E-state index in [0.29, 0.717) is 11.1 Å². The molecule has 7 heteroatoms. The van der Waals surface area contributed by atoms with Gasteiger partial charge in [0.15, 0.2) is 0 Å². The zero-order valence-corrected chi connectivity index (χ0v) is 17.5. The molecule has 0 saturated heterocycles. The molecule has 0 radical (unpaired) electrons. The molecule has 0 fully saturated rings. The summed E-state index contributed by atoms with van der Waals surface area (Å²) in [5, 5.41) is 0. The van der Waals surface area contributed by atoms with Crippen LogP contribution in [0.2, 0.25) is 0 Å². The summed E-state index contributed by atoms with van der Waals surface area (Å²) in [5.74, 6) is 0. The van der Waals surface area contributed by atoms with Crippen molar-refractivity contribution in [2.75, 3.05) is 0 Å².